The number of likely N-dealkylation sites (tertiary alicyclic amines) is 1. The highest BCUT2D eigenvalue weighted by Gasteiger charge is 2.42. The minimum absolute atomic E-state index is 0.0343. The fraction of sp³-hybridized carbons (Fsp3) is 0.688. The second-order valence-corrected chi connectivity index (χ2v) is 6.65. The molecule has 1 aromatic rings. The molecule has 2 fully saturated rings. The summed E-state index contributed by atoms with van der Waals surface area (Å²) in [5, 5.41) is 10.3. The highest BCUT2D eigenvalue weighted by molar-refractivity contribution is 5.89. The first-order chi connectivity index (χ1) is 11.0. The van der Waals surface area contributed by atoms with Gasteiger partial charge in [0.15, 0.2) is 0 Å². The van der Waals surface area contributed by atoms with Gasteiger partial charge in [0, 0.05) is 39.7 Å². The van der Waals surface area contributed by atoms with Crippen molar-refractivity contribution in [2.45, 2.75) is 37.6 Å². The zero-order valence-corrected chi connectivity index (χ0v) is 13.8. The van der Waals surface area contributed by atoms with Crippen molar-refractivity contribution in [2.24, 2.45) is 13.0 Å². The second-order valence-electron chi connectivity index (χ2n) is 6.65. The van der Waals surface area contributed by atoms with E-state index in [2.05, 4.69) is 15.7 Å². The summed E-state index contributed by atoms with van der Waals surface area (Å²) in [7, 11) is 3.49. The van der Waals surface area contributed by atoms with Crippen LogP contribution in [0.5, 0.6) is 0 Å². The lowest BCUT2D eigenvalue weighted by molar-refractivity contribution is -0.136. The second kappa shape index (κ2) is 6.22. The summed E-state index contributed by atoms with van der Waals surface area (Å²) in [4.78, 5) is 26.7. The zero-order valence-electron chi connectivity index (χ0n) is 13.8. The molecule has 3 rings (SSSR count). The maximum atomic E-state index is 12.5. The van der Waals surface area contributed by atoms with Gasteiger partial charge in [-0.05, 0) is 31.6 Å². The van der Waals surface area contributed by atoms with Gasteiger partial charge in [-0.1, -0.05) is 0 Å². The quantitative estimate of drug-likeness (QED) is 0.839. The van der Waals surface area contributed by atoms with E-state index in [1.54, 1.807) is 17.9 Å². The van der Waals surface area contributed by atoms with Crippen LogP contribution in [0.1, 0.15) is 32.1 Å². The molecule has 7 nitrogen and oxygen atoms in total. The number of carbonyl (C=O) groups excluding carboxylic acids is 2. The molecule has 2 amide bonds. The molecule has 126 valence electrons. The molecule has 0 radical (unpaired) electrons. The Labute approximate surface area is 136 Å². The molecule has 1 aliphatic carbocycles. The van der Waals surface area contributed by atoms with Crippen LogP contribution in [-0.4, -0.2) is 52.2 Å². The summed E-state index contributed by atoms with van der Waals surface area (Å²) in [6.07, 6.45) is 5.95. The van der Waals surface area contributed by atoms with Gasteiger partial charge in [-0.15, -0.1) is 0 Å². The molecule has 1 saturated heterocycles. The van der Waals surface area contributed by atoms with Gasteiger partial charge >= 0.3 is 0 Å². The molecule has 0 spiro atoms. The molecule has 0 atom stereocenters. The Hall–Kier alpha value is -2.05. The average Bonchev–Trinajstić information content (AvgIpc) is 3.29. The first-order valence-corrected chi connectivity index (χ1v) is 8.30. The van der Waals surface area contributed by atoms with Crippen LogP contribution in [0.4, 0.5) is 5.82 Å². The number of hydrogen-bond donors (Lipinski definition) is 2. The maximum Gasteiger partial charge on any atom is 0.245 e. The largest absolute Gasteiger partial charge is 0.357 e. The minimum atomic E-state index is -0.682. The molecule has 23 heavy (non-hydrogen) atoms. The number of hydrogen-bond acceptors (Lipinski definition) is 4. The van der Waals surface area contributed by atoms with Crippen LogP contribution in [0.2, 0.25) is 0 Å². The van der Waals surface area contributed by atoms with Crippen LogP contribution >= 0.6 is 0 Å². The number of rotatable bonds is 5. The average molecular weight is 319 g/mol. The molecule has 1 saturated carbocycles. The molecule has 0 bridgehead atoms. The van der Waals surface area contributed by atoms with Crippen LogP contribution in [0.25, 0.3) is 0 Å². The lowest BCUT2D eigenvalue weighted by Gasteiger charge is -2.41. The minimum Gasteiger partial charge on any atom is -0.357 e. The third kappa shape index (κ3) is 3.33. The van der Waals surface area contributed by atoms with E-state index in [1.165, 1.54) is 12.8 Å². The third-order valence-electron chi connectivity index (χ3n) is 4.98. The molecule has 0 unspecified atom stereocenters. The van der Waals surface area contributed by atoms with Gasteiger partial charge in [0.1, 0.15) is 11.4 Å². The molecule has 2 N–H and O–H groups in total. The molecule has 2 heterocycles. The summed E-state index contributed by atoms with van der Waals surface area (Å²) in [5.74, 6) is 1.61. The van der Waals surface area contributed by atoms with Gasteiger partial charge < -0.3 is 15.5 Å². The van der Waals surface area contributed by atoms with Gasteiger partial charge in [0.2, 0.25) is 11.8 Å². The summed E-state index contributed by atoms with van der Waals surface area (Å²) in [5.41, 5.74) is -0.682. The van der Waals surface area contributed by atoms with Crippen molar-refractivity contribution in [3.63, 3.8) is 0 Å². The van der Waals surface area contributed by atoms with E-state index < -0.39 is 5.54 Å². The number of aromatic nitrogens is 2. The van der Waals surface area contributed by atoms with E-state index in [4.69, 9.17) is 0 Å². The fourth-order valence-electron chi connectivity index (χ4n) is 3.23. The van der Waals surface area contributed by atoms with Gasteiger partial charge in [-0.25, -0.2) is 0 Å². The number of aryl methyl sites for hydroxylation is 1. The monoisotopic (exact) mass is 319 g/mol. The molecule has 2 aliphatic rings. The van der Waals surface area contributed by atoms with Crippen molar-refractivity contribution in [2.75, 3.05) is 25.5 Å². The Bertz CT molecular complexity index is 585. The lowest BCUT2D eigenvalue weighted by Crippen LogP contribution is -2.58. The molecular weight excluding hydrogens is 294 g/mol. The maximum absolute atomic E-state index is 12.5. The summed E-state index contributed by atoms with van der Waals surface area (Å²) in [6.45, 7) is 1.23. The van der Waals surface area contributed by atoms with Gasteiger partial charge in [0.05, 0.1) is 6.20 Å². The number of nitrogens with one attached hydrogen (secondary N) is 2. The van der Waals surface area contributed by atoms with Gasteiger partial charge in [-0.3, -0.25) is 14.3 Å². The Kier molecular flexibility index (Phi) is 4.28. The fourth-order valence-corrected chi connectivity index (χ4v) is 3.23. The molecular formula is C16H25N5O2. The van der Waals surface area contributed by atoms with E-state index in [0.29, 0.717) is 38.3 Å². The summed E-state index contributed by atoms with van der Waals surface area (Å²) < 4.78 is 1.72. The number of carbonyl (C=O) groups is 2. The van der Waals surface area contributed by atoms with Crippen LogP contribution in [-0.2, 0) is 16.6 Å². The Morgan fingerprint density at radius 3 is 2.57 bits per heavy atom. The predicted molar refractivity (Wildman–Crippen MR) is 86.8 cm³/mol. The van der Waals surface area contributed by atoms with Gasteiger partial charge in [0.25, 0.3) is 0 Å². The highest BCUT2D eigenvalue weighted by Crippen LogP contribution is 2.34. The smallest absolute Gasteiger partial charge is 0.245 e. The van der Waals surface area contributed by atoms with Crippen molar-refractivity contribution in [1.29, 1.82) is 0 Å². The van der Waals surface area contributed by atoms with E-state index in [0.717, 1.165) is 5.82 Å². The van der Waals surface area contributed by atoms with E-state index in [-0.39, 0.29) is 11.8 Å². The SMILES string of the molecule is CNC(=O)C1(Nc2ccnn2C)CCN(C(=O)CC2CC2)CC1. The van der Waals surface area contributed by atoms with E-state index in [9.17, 15) is 9.59 Å². The van der Waals surface area contributed by atoms with Crippen LogP contribution in [0.15, 0.2) is 12.3 Å². The highest BCUT2D eigenvalue weighted by atomic mass is 16.2. The normalized spacial score (nSPS) is 20.2. The summed E-state index contributed by atoms with van der Waals surface area (Å²) >= 11 is 0. The van der Waals surface area contributed by atoms with E-state index in [1.807, 2.05) is 18.0 Å². The molecule has 1 aromatic heterocycles. The number of piperidine rings is 1. The topological polar surface area (TPSA) is 79.3 Å². The van der Waals surface area contributed by atoms with Crippen LogP contribution in [0.3, 0.4) is 0 Å². The molecule has 7 heteroatoms. The van der Waals surface area contributed by atoms with E-state index >= 15 is 0 Å². The van der Waals surface area contributed by atoms with Gasteiger partial charge in [-0.2, -0.15) is 5.10 Å². The number of anilines is 1. The van der Waals surface area contributed by atoms with Crippen LogP contribution < -0.4 is 10.6 Å². The summed E-state index contributed by atoms with van der Waals surface area (Å²) in [6, 6.07) is 1.86. The van der Waals surface area contributed by atoms with Crippen molar-refractivity contribution in [1.82, 2.24) is 20.0 Å². The predicted octanol–water partition coefficient (Wildman–Crippen LogP) is 0.739. The Morgan fingerprint density at radius 1 is 1.35 bits per heavy atom. The zero-order chi connectivity index (χ0) is 16.4. The van der Waals surface area contributed by atoms with Crippen LogP contribution in [0, 0.1) is 5.92 Å². The third-order valence-corrected chi connectivity index (χ3v) is 4.98. The first-order valence-electron chi connectivity index (χ1n) is 8.30. The first kappa shape index (κ1) is 15.8. The van der Waals surface area contributed by atoms with Crippen molar-refractivity contribution >= 4 is 17.6 Å². The Morgan fingerprint density at radius 2 is 2.04 bits per heavy atom. The molecule has 0 aromatic carbocycles. The van der Waals surface area contributed by atoms with Crippen molar-refractivity contribution < 1.29 is 9.59 Å². The number of amides is 2. The number of nitrogens with zero attached hydrogens (tertiary/aromatic N) is 3. The number of likely N-dealkylation sites (N-methyl/N-ethyl adjacent to an activating group) is 1. The molecule has 1 aliphatic heterocycles. The lowest BCUT2D eigenvalue weighted by atomic mass is 9.86. The van der Waals surface area contributed by atoms with Crippen molar-refractivity contribution in [3.05, 3.63) is 12.3 Å². The van der Waals surface area contributed by atoms with Crippen molar-refractivity contribution in [3.8, 4) is 0 Å². The Balaban J connectivity index is 1.68. The standard InChI is InChI=1S/C16H25N5O2/c1-17-15(23)16(19-13-5-8-18-20(13)2)6-9-21(10-7-16)14(22)11-12-3-4-12/h5,8,12,19H,3-4,6-7,9-11H2,1-2H3,(H,17,23).